The first-order valence-electron chi connectivity index (χ1n) is 5.25. The molecule has 4 heteroatoms. The van der Waals surface area contributed by atoms with E-state index < -0.39 is 0 Å². The molecule has 0 fully saturated rings. The van der Waals surface area contributed by atoms with E-state index in [0.717, 1.165) is 12.7 Å². The third-order valence-electron chi connectivity index (χ3n) is 2.10. The fraction of sp³-hybridized carbons (Fsp3) is 0.231. The number of aldehydes is 1. The first-order valence-corrected chi connectivity index (χ1v) is 6.49. The topological polar surface area (TPSA) is 47.3 Å². The molecule has 1 aromatic heterocycles. The van der Waals surface area contributed by atoms with Crippen molar-refractivity contribution in [3.05, 3.63) is 46.8 Å². The number of alkyl halides is 1. The number of carbonyl (C=O) groups is 1. The van der Waals surface area contributed by atoms with Crippen LogP contribution in [0.4, 0.5) is 0 Å². The third kappa shape index (κ3) is 4.30. The van der Waals surface area contributed by atoms with Gasteiger partial charge in [-0.05, 0) is 18.6 Å². The molecule has 0 amide bonds. The van der Waals surface area contributed by atoms with Gasteiger partial charge in [0.15, 0.2) is 5.43 Å². The van der Waals surface area contributed by atoms with Crippen molar-refractivity contribution in [2.45, 2.75) is 17.3 Å². The highest BCUT2D eigenvalue weighted by Crippen LogP contribution is 2.06. The molecule has 2 aromatic rings. The van der Waals surface area contributed by atoms with Crippen LogP contribution < -0.4 is 5.43 Å². The number of halogens is 1. The Morgan fingerprint density at radius 2 is 2.06 bits per heavy atom. The van der Waals surface area contributed by atoms with Crippen molar-refractivity contribution < 1.29 is 9.21 Å². The van der Waals surface area contributed by atoms with E-state index in [4.69, 9.17) is 4.42 Å². The second-order valence-electron chi connectivity index (χ2n) is 3.34. The summed E-state index contributed by atoms with van der Waals surface area (Å²) in [6, 6.07) is 8.60. The normalized spacial score (nSPS) is 11.4. The summed E-state index contributed by atoms with van der Waals surface area (Å²) in [5.74, 6) is 0. The number of hydrogen-bond donors (Lipinski definition) is 0. The average molecular weight is 344 g/mol. The minimum absolute atomic E-state index is 0.00634. The zero-order chi connectivity index (χ0) is 12.7. The first-order chi connectivity index (χ1) is 8.19. The molecule has 2 rings (SSSR count). The standard InChI is InChI=1S/C9H6O2.C4H7IO/c10-8-5-6-11-9-4-2-1-3-7(8)9;1-2-4(5)3-6/h1-6H;3-4H,2H2,1H3. The van der Waals surface area contributed by atoms with Crippen molar-refractivity contribution in [3.63, 3.8) is 0 Å². The summed E-state index contributed by atoms with van der Waals surface area (Å²) in [6.45, 7) is 1.99. The highest BCUT2D eigenvalue weighted by molar-refractivity contribution is 14.1. The minimum atomic E-state index is 0.00634. The molecule has 0 aliphatic heterocycles. The third-order valence-corrected chi connectivity index (χ3v) is 3.28. The largest absolute Gasteiger partial charge is 0.464 e. The molecular weight excluding hydrogens is 331 g/mol. The highest BCUT2D eigenvalue weighted by atomic mass is 127. The SMILES string of the molecule is CCC(I)C=O.O=c1ccoc2ccccc12. The van der Waals surface area contributed by atoms with Gasteiger partial charge in [0.25, 0.3) is 0 Å². The second-order valence-corrected chi connectivity index (χ2v) is 4.94. The Hall–Kier alpha value is -1.17. The van der Waals surface area contributed by atoms with E-state index in [1.807, 2.05) is 19.1 Å². The van der Waals surface area contributed by atoms with E-state index in [1.54, 1.807) is 12.1 Å². The lowest BCUT2D eigenvalue weighted by Gasteiger charge is -1.91. The van der Waals surface area contributed by atoms with Crippen molar-refractivity contribution in [2.24, 2.45) is 0 Å². The molecule has 90 valence electrons. The molecule has 0 saturated heterocycles. The Kier molecular flexibility index (Phi) is 5.90. The molecule has 0 aliphatic carbocycles. The summed E-state index contributed by atoms with van der Waals surface area (Å²) in [4.78, 5) is 20.8. The quantitative estimate of drug-likeness (QED) is 0.478. The van der Waals surface area contributed by atoms with E-state index in [0.29, 0.717) is 11.0 Å². The Morgan fingerprint density at radius 1 is 1.35 bits per heavy atom. The lowest BCUT2D eigenvalue weighted by molar-refractivity contribution is -0.107. The summed E-state index contributed by atoms with van der Waals surface area (Å²) in [5, 5.41) is 0.634. The summed E-state index contributed by atoms with van der Waals surface area (Å²) < 4.78 is 5.32. The Labute approximate surface area is 113 Å². The maximum atomic E-state index is 11.1. The van der Waals surface area contributed by atoms with Gasteiger partial charge in [0, 0.05) is 6.07 Å². The maximum Gasteiger partial charge on any atom is 0.192 e. The van der Waals surface area contributed by atoms with Crippen LogP contribution in [0.2, 0.25) is 0 Å². The predicted octanol–water partition coefficient (Wildman–Crippen LogP) is 3.19. The number of carbonyl (C=O) groups excluding carboxylic acids is 1. The van der Waals surface area contributed by atoms with Crippen LogP contribution in [0, 0.1) is 0 Å². The average Bonchev–Trinajstić information content (AvgIpc) is 2.39. The van der Waals surface area contributed by atoms with Crippen LogP contribution in [0.3, 0.4) is 0 Å². The van der Waals surface area contributed by atoms with Gasteiger partial charge < -0.3 is 9.21 Å². The molecule has 17 heavy (non-hydrogen) atoms. The smallest absolute Gasteiger partial charge is 0.192 e. The Morgan fingerprint density at radius 3 is 2.59 bits per heavy atom. The molecule has 0 spiro atoms. The lowest BCUT2D eigenvalue weighted by atomic mass is 10.2. The molecule has 0 N–H and O–H groups in total. The van der Waals surface area contributed by atoms with Crippen LogP contribution >= 0.6 is 22.6 Å². The van der Waals surface area contributed by atoms with Crippen molar-refractivity contribution >= 4 is 39.8 Å². The number of benzene rings is 1. The van der Waals surface area contributed by atoms with Gasteiger partial charge in [0.05, 0.1) is 15.6 Å². The van der Waals surface area contributed by atoms with E-state index in [2.05, 4.69) is 22.6 Å². The van der Waals surface area contributed by atoms with Crippen molar-refractivity contribution in [3.8, 4) is 0 Å². The van der Waals surface area contributed by atoms with Crippen LogP contribution in [0.5, 0.6) is 0 Å². The summed E-state index contributed by atoms with van der Waals surface area (Å²) in [6.07, 6.45) is 3.31. The van der Waals surface area contributed by atoms with Crippen LogP contribution in [0.1, 0.15) is 13.3 Å². The van der Waals surface area contributed by atoms with Gasteiger partial charge in [0.1, 0.15) is 11.9 Å². The highest BCUT2D eigenvalue weighted by Gasteiger charge is 1.95. The summed E-state index contributed by atoms with van der Waals surface area (Å²) in [5.41, 5.74) is 0.645. The van der Waals surface area contributed by atoms with E-state index in [-0.39, 0.29) is 9.35 Å². The van der Waals surface area contributed by atoms with Crippen LogP contribution in [-0.2, 0) is 4.79 Å². The molecule has 1 unspecified atom stereocenters. The van der Waals surface area contributed by atoms with Crippen LogP contribution in [-0.4, -0.2) is 10.2 Å². The monoisotopic (exact) mass is 344 g/mol. The minimum Gasteiger partial charge on any atom is -0.464 e. The Bertz CT molecular complexity index is 528. The van der Waals surface area contributed by atoms with E-state index in [9.17, 15) is 9.59 Å². The van der Waals surface area contributed by atoms with E-state index in [1.165, 1.54) is 12.3 Å². The van der Waals surface area contributed by atoms with Gasteiger partial charge in [-0.25, -0.2) is 0 Å². The van der Waals surface area contributed by atoms with Gasteiger partial charge in [-0.15, -0.1) is 0 Å². The molecule has 1 atom stereocenters. The molecule has 3 nitrogen and oxygen atoms in total. The van der Waals surface area contributed by atoms with E-state index >= 15 is 0 Å². The maximum absolute atomic E-state index is 11.1. The van der Waals surface area contributed by atoms with Gasteiger partial charge in [-0.2, -0.15) is 0 Å². The van der Waals surface area contributed by atoms with Crippen LogP contribution in [0.15, 0.2) is 45.8 Å². The fourth-order valence-electron chi connectivity index (χ4n) is 1.13. The Balaban J connectivity index is 0.000000209. The first kappa shape index (κ1) is 13.9. The number of rotatable bonds is 2. The van der Waals surface area contributed by atoms with Gasteiger partial charge >= 0.3 is 0 Å². The summed E-state index contributed by atoms with van der Waals surface area (Å²) >= 11 is 2.10. The van der Waals surface area contributed by atoms with Gasteiger partial charge in [0.2, 0.25) is 0 Å². The molecular formula is C13H13IO3. The predicted molar refractivity (Wildman–Crippen MR) is 76.6 cm³/mol. The molecule has 1 heterocycles. The molecule has 1 aromatic carbocycles. The number of para-hydroxylation sites is 1. The van der Waals surface area contributed by atoms with Gasteiger partial charge in [-0.1, -0.05) is 41.6 Å². The van der Waals surface area contributed by atoms with Crippen LogP contribution in [0.25, 0.3) is 11.0 Å². The second kappa shape index (κ2) is 7.21. The molecule has 0 radical (unpaired) electrons. The zero-order valence-corrected chi connectivity index (χ0v) is 11.6. The van der Waals surface area contributed by atoms with Crippen molar-refractivity contribution in [1.82, 2.24) is 0 Å². The molecule has 0 bridgehead atoms. The lowest BCUT2D eigenvalue weighted by Crippen LogP contribution is -1.96. The molecule has 0 saturated carbocycles. The number of fused-ring (bicyclic) bond motifs is 1. The van der Waals surface area contributed by atoms with Crippen molar-refractivity contribution in [2.75, 3.05) is 0 Å². The molecule has 0 aliphatic rings. The fourth-order valence-corrected chi connectivity index (χ4v) is 1.13. The zero-order valence-electron chi connectivity index (χ0n) is 9.43. The number of hydrogen-bond acceptors (Lipinski definition) is 3. The van der Waals surface area contributed by atoms with Gasteiger partial charge in [-0.3, -0.25) is 4.79 Å². The van der Waals surface area contributed by atoms with Crippen molar-refractivity contribution in [1.29, 1.82) is 0 Å². The summed E-state index contributed by atoms with van der Waals surface area (Å²) in [7, 11) is 0.